The number of nitrogens with two attached hydrogens (primary N) is 1. The Hall–Kier alpha value is -1.14. The van der Waals surface area contributed by atoms with Gasteiger partial charge in [-0.3, -0.25) is 9.59 Å². The van der Waals surface area contributed by atoms with Crippen molar-refractivity contribution in [1.82, 2.24) is 10.6 Å². The molecule has 0 saturated heterocycles. The van der Waals surface area contributed by atoms with Crippen LogP contribution >= 0.6 is 0 Å². The molecule has 2 amide bonds. The Labute approximate surface area is 108 Å². The third-order valence-electron chi connectivity index (χ3n) is 3.24. The van der Waals surface area contributed by atoms with E-state index in [0.29, 0.717) is 26.0 Å². The summed E-state index contributed by atoms with van der Waals surface area (Å²) in [6, 6.07) is 0. The summed E-state index contributed by atoms with van der Waals surface area (Å²) in [6.07, 6.45) is 4.48. The second-order valence-electron chi connectivity index (χ2n) is 4.74. The van der Waals surface area contributed by atoms with Crippen LogP contribution in [0.15, 0.2) is 0 Å². The summed E-state index contributed by atoms with van der Waals surface area (Å²) in [6.45, 7) is 0.876. The standard InChI is InChI=1S/C12H23N3O3/c1-18-8-7-14-10(16)9-15-11(17)12(13)5-3-2-4-6-12/h2-9,13H2,1H3,(H,14,16)(H,15,17). The fraction of sp³-hybridized carbons (Fsp3) is 0.833. The van der Waals surface area contributed by atoms with Crippen LogP contribution in [-0.4, -0.2) is 44.2 Å². The SMILES string of the molecule is COCCNC(=O)CNC(=O)C1(N)CCCCC1. The first-order chi connectivity index (χ1) is 8.58. The summed E-state index contributed by atoms with van der Waals surface area (Å²) in [7, 11) is 1.56. The van der Waals surface area contributed by atoms with Gasteiger partial charge in [-0.1, -0.05) is 19.3 Å². The van der Waals surface area contributed by atoms with Crippen LogP contribution in [0.3, 0.4) is 0 Å². The Balaban J connectivity index is 2.25. The molecule has 0 aromatic rings. The van der Waals surface area contributed by atoms with Crippen LogP contribution < -0.4 is 16.4 Å². The second-order valence-corrected chi connectivity index (χ2v) is 4.74. The second kappa shape index (κ2) is 7.33. The molecule has 0 atom stereocenters. The van der Waals surface area contributed by atoms with Gasteiger partial charge in [0.05, 0.1) is 18.7 Å². The zero-order valence-electron chi connectivity index (χ0n) is 11.0. The first-order valence-corrected chi connectivity index (χ1v) is 6.41. The summed E-state index contributed by atoms with van der Waals surface area (Å²) >= 11 is 0. The molecule has 0 aliphatic heterocycles. The molecule has 18 heavy (non-hydrogen) atoms. The Morgan fingerprint density at radius 2 is 1.89 bits per heavy atom. The van der Waals surface area contributed by atoms with Crippen molar-refractivity contribution < 1.29 is 14.3 Å². The molecule has 4 N–H and O–H groups in total. The van der Waals surface area contributed by atoms with Crippen molar-refractivity contribution in [3.63, 3.8) is 0 Å². The average molecular weight is 257 g/mol. The lowest BCUT2D eigenvalue weighted by Gasteiger charge is -2.31. The van der Waals surface area contributed by atoms with E-state index >= 15 is 0 Å². The first-order valence-electron chi connectivity index (χ1n) is 6.41. The van der Waals surface area contributed by atoms with Gasteiger partial charge in [0, 0.05) is 13.7 Å². The summed E-state index contributed by atoms with van der Waals surface area (Å²) in [5, 5.41) is 5.24. The Morgan fingerprint density at radius 3 is 2.50 bits per heavy atom. The number of carbonyl (C=O) groups is 2. The average Bonchev–Trinajstić information content (AvgIpc) is 2.37. The van der Waals surface area contributed by atoms with Gasteiger partial charge in [0.2, 0.25) is 11.8 Å². The molecule has 1 aliphatic rings. The zero-order valence-corrected chi connectivity index (χ0v) is 11.0. The largest absolute Gasteiger partial charge is 0.383 e. The topological polar surface area (TPSA) is 93.5 Å². The van der Waals surface area contributed by atoms with Crippen LogP contribution in [0.25, 0.3) is 0 Å². The fourth-order valence-electron chi connectivity index (χ4n) is 2.10. The van der Waals surface area contributed by atoms with E-state index in [1.54, 1.807) is 7.11 Å². The highest BCUT2D eigenvalue weighted by molar-refractivity contribution is 5.90. The van der Waals surface area contributed by atoms with Crippen LogP contribution in [0.5, 0.6) is 0 Å². The van der Waals surface area contributed by atoms with E-state index in [9.17, 15) is 9.59 Å². The van der Waals surface area contributed by atoms with Crippen molar-refractivity contribution in [2.75, 3.05) is 26.8 Å². The monoisotopic (exact) mass is 257 g/mol. The number of nitrogens with one attached hydrogen (secondary N) is 2. The van der Waals surface area contributed by atoms with Crippen molar-refractivity contribution in [1.29, 1.82) is 0 Å². The Bertz CT molecular complexity index is 288. The van der Waals surface area contributed by atoms with Crippen molar-refractivity contribution in [3.05, 3.63) is 0 Å². The fourth-order valence-corrected chi connectivity index (χ4v) is 2.10. The van der Waals surface area contributed by atoms with Crippen molar-refractivity contribution in [2.45, 2.75) is 37.6 Å². The van der Waals surface area contributed by atoms with Crippen LogP contribution in [0.1, 0.15) is 32.1 Å². The molecule has 0 spiro atoms. The lowest BCUT2D eigenvalue weighted by atomic mass is 9.82. The third-order valence-corrected chi connectivity index (χ3v) is 3.24. The van der Waals surface area contributed by atoms with Gasteiger partial charge in [-0.25, -0.2) is 0 Å². The molecule has 0 unspecified atom stereocenters. The Kier molecular flexibility index (Phi) is 6.07. The summed E-state index contributed by atoms with van der Waals surface area (Å²) in [4.78, 5) is 23.3. The van der Waals surface area contributed by atoms with Gasteiger partial charge in [-0.15, -0.1) is 0 Å². The van der Waals surface area contributed by atoms with Gasteiger partial charge in [0.15, 0.2) is 0 Å². The predicted molar refractivity (Wildman–Crippen MR) is 67.9 cm³/mol. The van der Waals surface area contributed by atoms with E-state index in [1.807, 2.05) is 0 Å². The molecular formula is C12H23N3O3. The van der Waals surface area contributed by atoms with Crippen molar-refractivity contribution in [2.24, 2.45) is 5.73 Å². The molecular weight excluding hydrogens is 234 g/mol. The molecule has 1 aliphatic carbocycles. The van der Waals surface area contributed by atoms with Gasteiger partial charge in [-0.2, -0.15) is 0 Å². The van der Waals surface area contributed by atoms with Crippen molar-refractivity contribution >= 4 is 11.8 Å². The number of carbonyl (C=O) groups excluding carboxylic acids is 2. The third kappa shape index (κ3) is 4.62. The smallest absolute Gasteiger partial charge is 0.240 e. The number of hydrogen-bond acceptors (Lipinski definition) is 4. The van der Waals surface area contributed by atoms with Crippen LogP contribution in [0.4, 0.5) is 0 Å². The number of amides is 2. The number of rotatable bonds is 6. The van der Waals surface area contributed by atoms with E-state index in [-0.39, 0.29) is 18.4 Å². The van der Waals surface area contributed by atoms with Crippen molar-refractivity contribution in [3.8, 4) is 0 Å². The van der Waals surface area contributed by atoms with Crippen LogP contribution in [-0.2, 0) is 14.3 Å². The summed E-state index contributed by atoms with van der Waals surface area (Å²) in [5.41, 5.74) is 5.26. The quantitative estimate of drug-likeness (QED) is 0.561. The van der Waals surface area contributed by atoms with E-state index in [4.69, 9.17) is 10.5 Å². The van der Waals surface area contributed by atoms with Gasteiger partial charge in [0.1, 0.15) is 0 Å². The maximum Gasteiger partial charge on any atom is 0.240 e. The molecule has 1 fully saturated rings. The van der Waals surface area contributed by atoms with Crippen LogP contribution in [0, 0.1) is 0 Å². The molecule has 0 heterocycles. The zero-order chi connectivity index (χ0) is 13.4. The van der Waals surface area contributed by atoms with E-state index in [0.717, 1.165) is 19.3 Å². The normalized spacial score (nSPS) is 18.1. The lowest BCUT2D eigenvalue weighted by Crippen LogP contribution is -2.56. The maximum absolute atomic E-state index is 11.9. The van der Waals surface area contributed by atoms with Gasteiger partial charge in [-0.05, 0) is 12.8 Å². The number of ether oxygens (including phenoxy) is 1. The molecule has 6 heteroatoms. The molecule has 6 nitrogen and oxygen atoms in total. The van der Waals surface area contributed by atoms with Gasteiger partial charge in [0.25, 0.3) is 0 Å². The molecule has 104 valence electrons. The summed E-state index contributed by atoms with van der Waals surface area (Å²) < 4.78 is 4.81. The highest BCUT2D eigenvalue weighted by atomic mass is 16.5. The molecule has 0 radical (unpaired) electrons. The van der Waals surface area contributed by atoms with Gasteiger partial charge < -0.3 is 21.1 Å². The van der Waals surface area contributed by atoms with E-state index < -0.39 is 5.54 Å². The highest BCUT2D eigenvalue weighted by Gasteiger charge is 2.35. The minimum Gasteiger partial charge on any atom is -0.383 e. The number of hydrogen-bond donors (Lipinski definition) is 3. The molecule has 0 bridgehead atoms. The minimum absolute atomic E-state index is 0.0263. The van der Waals surface area contributed by atoms with E-state index in [2.05, 4.69) is 10.6 Å². The lowest BCUT2D eigenvalue weighted by molar-refractivity contribution is -0.130. The van der Waals surface area contributed by atoms with Crippen LogP contribution in [0.2, 0.25) is 0 Å². The molecule has 1 rings (SSSR count). The first kappa shape index (κ1) is 14.9. The molecule has 1 saturated carbocycles. The minimum atomic E-state index is -0.787. The molecule has 0 aromatic carbocycles. The maximum atomic E-state index is 11.9. The Morgan fingerprint density at radius 1 is 1.22 bits per heavy atom. The van der Waals surface area contributed by atoms with Gasteiger partial charge >= 0.3 is 0 Å². The predicted octanol–water partition coefficient (Wildman–Crippen LogP) is -0.473. The highest BCUT2D eigenvalue weighted by Crippen LogP contribution is 2.25. The van der Waals surface area contributed by atoms with E-state index in [1.165, 1.54) is 0 Å². The summed E-state index contributed by atoms with van der Waals surface area (Å²) in [5.74, 6) is -0.441. The molecule has 0 aromatic heterocycles. The number of methoxy groups -OCH3 is 1.